The zero-order chi connectivity index (χ0) is 19.3. The van der Waals surface area contributed by atoms with Gasteiger partial charge in [0.2, 0.25) is 0 Å². The second-order valence-corrected chi connectivity index (χ2v) is 6.57. The third kappa shape index (κ3) is 4.78. The predicted molar refractivity (Wildman–Crippen MR) is 97.7 cm³/mol. The van der Waals surface area contributed by atoms with Crippen molar-refractivity contribution in [2.75, 3.05) is 25.7 Å². The zero-order valence-electron chi connectivity index (χ0n) is 15.0. The minimum absolute atomic E-state index is 0.00450. The van der Waals surface area contributed by atoms with Gasteiger partial charge in [-0.15, -0.1) is 0 Å². The van der Waals surface area contributed by atoms with E-state index in [0.717, 1.165) is 11.4 Å². The van der Waals surface area contributed by atoms with Crippen molar-refractivity contribution < 1.29 is 23.0 Å². The average Bonchev–Trinajstić information content (AvgIpc) is 3.02. The van der Waals surface area contributed by atoms with Crippen LogP contribution in [0, 0.1) is 6.92 Å². The Labute approximate surface area is 154 Å². The molecule has 2 aromatic rings. The molecule has 0 aliphatic carbocycles. The highest BCUT2D eigenvalue weighted by Gasteiger charge is 2.19. The summed E-state index contributed by atoms with van der Waals surface area (Å²) in [6, 6.07) is 7.44. The number of anilines is 2. The maximum Gasteiger partial charge on any atom is 0.350 e. The first kappa shape index (κ1) is 19.8. The number of ether oxygens (including phenoxy) is 2. The van der Waals surface area contributed by atoms with Crippen molar-refractivity contribution in [2.45, 2.75) is 20.3 Å². The van der Waals surface area contributed by atoms with Gasteiger partial charge in [0.15, 0.2) is 5.13 Å². The molecule has 0 aliphatic rings. The Morgan fingerprint density at radius 1 is 1.27 bits per heavy atom. The van der Waals surface area contributed by atoms with E-state index in [1.807, 2.05) is 36.2 Å². The minimum atomic E-state index is -1.74. The molecule has 26 heavy (non-hydrogen) atoms. The minimum Gasteiger partial charge on any atom is -0.497 e. The summed E-state index contributed by atoms with van der Waals surface area (Å²) in [5.74, 6) is 0.192. The summed E-state index contributed by atoms with van der Waals surface area (Å²) in [5.41, 5.74) is 1.34. The molecule has 8 heteroatoms. The van der Waals surface area contributed by atoms with E-state index in [1.165, 1.54) is 18.3 Å². The van der Waals surface area contributed by atoms with Crippen LogP contribution in [0.5, 0.6) is 5.75 Å². The Morgan fingerprint density at radius 3 is 2.50 bits per heavy atom. The van der Waals surface area contributed by atoms with E-state index in [1.54, 1.807) is 14.0 Å². The van der Waals surface area contributed by atoms with E-state index in [2.05, 4.69) is 4.98 Å². The number of methoxy groups -OCH3 is 1. The molecule has 1 aromatic carbocycles. The third-order valence-corrected chi connectivity index (χ3v) is 4.96. The number of nitrogens with zero attached hydrogens (tertiary/aromatic N) is 2. The predicted octanol–water partition coefficient (Wildman–Crippen LogP) is 4.95. The molecule has 0 saturated carbocycles. The summed E-state index contributed by atoms with van der Waals surface area (Å²) in [6.45, 7) is 2.93. The van der Waals surface area contributed by atoms with E-state index >= 15 is 0 Å². The van der Waals surface area contributed by atoms with Crippen molar-refractivity contribution in [3.05, 3.63) is 46.5 Å². The number of aryl methyl sites for hydroxylation is 1. The lowest BCUT2D eigenvalue weighted by atomic mass is 10.2. The van der Waals surface area contributed by atoms with Crippen LogP contribution in [-0.2, 0) is 4.74 Å². The number of benzene rings is 1. The molecule has 0 aliphatic heterocycles. The number of hydrogen-bond donors (Lipinski definition) is 0. The van der Waals surface area contributed by atoms with E-state index < -0.39 is 12.0 Å². The molecule has 140 valence electrons. The van der Waals surface area contributed by atoms with Gasteiger partial charge in [-0.2, -0.15) is 8.78 Å². The number of esters is 1. The fourth-order valence-corrected chi connectivity index (χ4v) is 3.03. The molecule has 1 aromatic heterocycles. The van der Waals surface area contributed by atoms with Crippen LogP contribution < -0.4 is 9.64 Å². The maximum absolute atomic E-state index is 12.4. The van der Waals surface area contributed by atoms with Gasteiger partial charge in [0.05, 0.1) is 19.4 Å². The smallest absolute Gasteiger partial charge is 0.350 e. The first-order valence-electron chi connectivity index (χ1n) is 7.86. The molecule has 0 N–H and O–H groups in total. The molecular formula is C18H20F2N2O3S. The summed E-state index contributed by atoms with van der Waals surface area (Å²) in [4.78, 5) is 18.8. The summed E-state index contributed by atoms with van der Waals surface area (Å²) in [6.07, 6.45) is -1.73. The monoisotopic (exact) mass is 382 g/mol. The second kappa shape index (κ2) is 8.75. The van der Waals surface area contributed by atoms with Crippen LogP contribution >= 0.6 is 11.3 Å². The summed E-state index contributed by atoms with van der Waals surface area (Å²) >= 11 is 1.19. The molecule has 2 rings (SSSR count). The van der Waals surface area contributed by atoms with Gasteiger partial charge in [0, 0.05) is 19.2 Å². The van der Waals surface area contributed by atoms with Gasteiger partial charge in [-0.1, -0.05) is 11.3 Å². The molecule has 0 atom stereocenters. The van der Waals surface area contributed by atoms with Crippen LogP contribution in [-0.4, -0.2) is 31.7 Å². The Balaban J connectivity index is 2.07. The van der Waals surface area contributed by atoms with Crippen LogP contribution in [0.2, 0.25) is 0 Å². The SMILES string of the molecule is COc1ccc(N(C)c2nc(C)c(C(=O)OCCC(C)=C(F)F)s2)cc1. The zero-order valence-corrected chi connectivity index (χ0v) is 15.8. The van der Waals surface area contributed by atoms with Gasteiger partial charge in [-0.05, 0) is 43.7 Å². The lowest BCUT2D eigenvalue weighted by Gasteiger charge is -2.16. The quantitative estimate of drug-likeness (QED) is 0.635. The van der Waals surface area contributed by atoms with Crippen LogP contribution in [0.1, 0.15) is 28.7 Å². The van der Waals surface area contributed by atoms with Crippen LogP contribution in [0.4, 0.5) is 19.6 Å². The maximum atomic E-state index is 12.4. The van der Waals surface area contributed by atoms with E-state index in [-0.39, 0.29) is 18.6 Å². The summed E-state index contributed by atoms with van der Waals surface area (Å²) in [5, 5.41) is 0.630. The van der Waals surface area contributed by atoms with E-state index in [4.69, 9.17) is 9.47 Å². The van der Waals surface area contributed by atoms with Crippen LogP contribution in [0.15, 0.2) is 35.9 Å². The second-order valence-electron chi connectivity index (χ2n) is 5.59. The van der Waals surface area contributed by atoms with Crippen molar-refractivity contribution in [3.63, 3.8) is 0 Å². The number of rotatable bonds is 7. The largest absolute Gasteiger partial charge is 0.497 e. The van der Waals surface area contributed by atoms with Crippen LogP contribution in [0.25, 0.3) is 0 Å². The van der Waals surface area contributed by atoms with Crippen molar-refractivity contribution in [2.24, 2.45) is 0 Å². The highest BCUT2D eigenvalue weighted by Crippen LogP contribution is 2.31. The number of thiazole rings is 1. The van der Waals surface area contributed by atoms with Gasteiger partial charge >= 0.3 is 5.97 Å². The lowest BCUT2D eigenvalue weighted by Crippen LogP contribution is -2.08. The van der Waals surface area contributed by atoms with Gasteiger partial charge in [-0.3, -0.25) is 0 Å². The van der Waals surface area contributed by atoms with Gasteiger partial charge in [0.25, 0.3) is 6.08 Å². The standard InChI is InChI=1S/C18H20F2N2O3S/c1-11(16(19)20)9-10-25-17(23)15-12(2)21-18(26-15)22(3)13-5-7-14(24-4)8-6-13/h5-8H,9-10H2,1-4H3. The first-order chi connectivity index (χ1) is 12.3. The highest BCUT2D eigenvalue weighted by molar-refractivity contribution is 7.17. The van der Waals surface area contributed by atoms with Gasteiger partial charge in [-0.25, -0.2) is 9.78 Å². The van der Waals surface area contributed by atoms with Gasteiger partial charge < -0.3 is 14.4 Å². The molecule has 0 unspecified atom stereocenters. The van der Waals surface area contributed by atoms with Crippen molar-refractivity contribution in [1.82, 2.24) is 4.98 Å². The molecule has 0 spiro atoms. The molecule has 0 radical (unpaired) electrons. The molecule has 5 nitrogen and oxygen atoms in total. The summed E-state index contributed by atoms with van der Waals surface area (Å²) < 4.78 is 34.9. The van der Waals surface area contributed by atoms with E-state index in [9.17, 15) is 13.6 Å². The summed E-state index contributed by atoms with van der Waals surface area (Å²) in [7, 11) is 3.44. The normalized spacial score (nSPS) is 10.4. The first-order valence-corrected chi connectivity index (χ1v) is 8.68. The number of carbonyl (C=O) groups excluding carboxylic acids is 1. The molecule has 0 amide bonds. The lowest BCUT2D eigenvalue weighted by molar-refractivity contribution is 0.0512. The fraction of sp³-hybridized carbons (Fsp3) is 0.333. The van der Waals surface area contributed by atoms with Crippen molar-refractivity contribution >= 4 is 28.1 Å². The molecule has 0 saturated heterocycles. The number of halogens is 2. The Kier molecular flexibility index (Phi) is 6.68. The Hall–Kier alpha value is -2.48. The molecule has 0 bridgehead atoms. The van der Waals surface area contributed by atoms with Crippen molar-refractivity contribution in [3.8, 4) is 5.75 Å². The molecular weight excluding hydrogens is 362 g/mol. The number of aromatic nitrogens is 1. The molecule has 1 heterocycles. The van der Waals surface area contributed by atoms with Gasteiger partial charge in [0.1, 0.15) is 10.6 Å². The highest BCUT2D eigenvalue weighted by atomic mass is 32.1. The Morgan fingerprint density at radius 2 is 1.92 bits per heavy atom. The topological polar surface area (TPSA) is 51.7 Å². The number of hydrogen-bond acceptors (Lipinski definition) is 6. The third-order valence-electron chi connectivity index (χ3n) is 3.75. The average molecular weight is 382 g/mol. The fourth-order valence-electron chi connectivity index (χ4n) is 2.09. The molecule has 0 fully saturated rings. The van der Waals surface area contributed by atoms with Crippen LogP contribution in [0.3, 0.4) is 0 Å². The Bertz CT molecular complexity index is 799. The van der Waals surface area contributed by atoms with E-state index in [0.29, 0.717) is 15.7 Å². The number of carbonyl (C=O) groups is 1. The van der Waals surface area contributed by atoms with Crippen molar-refractivity contribution in [1.29, 1.82) is 0 Å².